The quantitative estimate of drug-likeness (QED) is 0.924. The van der Waals surface area contributed by atoms with Gasteiger partial charge < -0.3 is 10.2 Å². The van der Waals surface area contributed by atoms with E-state index in [0.717, 1.165) is 13.1 Å². The van der Waals surface area contributed by atoms with E-state index in [4.69, 9.17) is 11.6 Å². The minimum Gasteiger partial charge on any atom is -0.351 e. The molecule has 0 aromatic carbocycles. The van der Waals surface area contributed by atoms with Gasteiger partial charge in [-0.05, 0) is 36.8 Å². The number of hydrogen-bond acceptors (Lipinski definition) is 5. The summed E-state index contributed by atoms with van der Waals surface area (Å²) in [6.07, 6.45) is 2.37. The van der Waals surface area contributed by atoms with Crippen LogP contribution >= 0.6 is 11.6 Å². The first kappa shape index (κ1) is 14.3. The maximum atomic E-state index is 6.00. The zero-order valence-corrected chi connectivity index (χ0v) is 12.8. The van der Waals surface area contributed by atoms with Crippen molar-refractivity contribution in [2.75, 3.05) is 23.3 Å². The van der Waals surface area contributed by atoms with Crippen LogP contribution in [0.25, 0.3) is 0 Å². The normalized spacial score (nSPS) is 17.6. The first-order valence-electron chi connectivity index (χ1n) is 6.79. The largest absolute Gasteiger partial charge is 0.351 e. The van der Waals surface area contributed by atoms with Gasteiger partial charge in [0.15, 0.2) is 0 Å². The van der Waals surface area contributed by atoms with Crippen molar-refractivity contribution in [3.63, 3.8) is 0 Å². The highest BCUT2D eigenvalue weighted by molar-refractivity contribution is 6.28. The van der Waals surface area contributed by atoms with Crippen molar-refractivity contribution >= 4 is 23.5 Å². The maximum Gasteiger partial charge on any atom is 0.231 e. The second-order valence-corrected chi connectivity index (χ2v) is 6.49. The van der Waals surface area contributed by atoms with Crippen LogP contribution in [0.1, 0.15) is 40.5 Å². The Labute approximate surface area is 119 Å². The first-order chi connectivity index (χ1) is 8.86. The Bertz CT molecular complexity index is 437. The van der Waals surface area contributed by atoms with Crippen LogP contribution in [0.3, 0.4) is 0 Å². The Morgan fingerprint density at radius 2 is 1.79 bits per heavy atom. The molecule has 5 nitrogen and oxygen atoms in total. The van der Waals surface area contributed by atoms with Gasteiger partial charge in [0.25, 0.3) is 0 Å². The van der Waals surface area contributed by atoms with E-state index in [1.165, 1.54) is 12.8 Å². The summed E-state index contributed by atoms with van der Waals surface area (Å²) in [6.45, 7) is 10.6. The molecule has 0 amide bonds. The van der Waals surface area contributed by atoms with Crippen molar-refractivity contribution in [2.45, 2.75) is 46.6 Å². The number of halogens is 1. The molecule has 1 fully saturated rings. The average Bonchev–Trinajstić information content (AvgIpc) is 2.80. The van der Waals surface area contributed by atoms with Crippen LogP contribution < -0.4 is 10.2 Å². The van der Waals surface area contributed by atoms with Crippen LogP contribution in [0, 0.1) is 5.41 Å². The molecular weight excluding hydrogens is 262 g/mol. The van der Waals surface area contributed by atoms with Gasteiger partial charge in [0.1, 0.15) is 0 Å². The van der Waals surface area contributed by atoms with Crippen molar-refractivity contribution in [3.05, 3.63) is 5.28 Å². The third-order valence-corrected chi connectivity index (χ3v) is 3.80. The monoisotopic (exact) mass is 283 g/mol. The summed E-state index contributed by atoms with van der Waals surface area (Å²) in [7, 11) is 0. The van der Waals surface area contributed by atoms with Gasteiger partial charge in [-0.25, -0.2) is 0 Å². The summed E-state index contributed by atoms with van der Waals surface area (Å²) < 4.78 is 0. The van der Waals surface area contributed by atoms with Gasteiger partial charge in [-0.3, -0.25) is 0 Å². The summed E-state index contributed by atoms with van der Waals surface area (Å²) in [5, 5.41) is 3.56. The lowest BCUT2D eigenvalue weighted by molar-refractivity contribution is 0.358. The van der Waals surface area contributed by atoms with Crippen molar-refractivity contribution in [1.82, 2.24) is 15.0 Å². The number of rotatable bonds is 3. The Kier molecular flexibility index (Phi) is 4.13. The topological polar surface area (TPSA) is 53.9 Å². The molecule has 1 N–H and O–H groups in total. The zero-order chi connectivity index (χ0) is 14.0. The fraction of sp³-hybridized carbons (Fsp3) is 0.769. The van der Waals surface area contributed by atoms with E-state index < -0.39 is 0 Å². The molecule has 2 heterocycles. The van der Waals surface area contributed by atoms with E-state index in [1.54, 1.807) is 0 Å². The summed E-state index contributed by atoms with van der Waals surface area (Å²) >= 11 is 6.00. The van der Waals surface area contributed by atoms with Crippen LogP contribution in [0.4, 0.5) is 11.9 Å². The molecule has 1 aliphatic heterocycles. The Hall–Kier alpha value is -1.10. The minimum absolute atomic E-state index is 0.132. The van der Waals surface area contributed by atoms with E-state index in [9.17, 15) is 0 Å². The van der Waals surface area contributed by atoms with Crippen LogP contribution in [-0.4, -0.2) is 34.1 Å². The molecule has 1 aromatic rings. The number of aromatic nitrogens is 3. The summed E-state index contributed by atoms with van der Waals surface area (Å²) in [5.74, 6) is 1.24. The van der Waals surface area contributed by atoms with E-state index in [0.29, 0.717) is 11.9 Å². The Balaban J connectivity index is 2.17. The number of nitrogens with zero attached hydrogens (tertiary/aromatic N) is 4. The van der Waals surface area contributed by atoms with Gasteiger partial charge in [0.05, 0.1) is 0 Å². The maximum absolute atomic E-state index is 6.00. The fourth-order valence-electron chi connectivity index (χ4n) is 1.87. The molecule has 1 aliphatic rings. The van der Waals surface area contributed by atoms with E-state index in [2.05, 4.69) is 52.9 Å². The van der Waals surface area contributed by atoms with Crippen molar-refractivity contribution in [1.29, 1.82) is 0 Å². The highest BCUT2D eigenvalue weighted by Gasteiger charge is 2.22. The van der Waals surface area contributed by atoms with Gasteiger partial charge in [-0.1, -0.05) is 20.8 Å². The molecule has 0 bridgehead atoms. The second-order valence-electron chi connectivity index (χ2n) is 6.15. The smallest absolute Gasteiger partial charge is 0.231 e. The molecule has 1 saturated heterocycles. The lowest BCUT2D eigenvalue weighted by Gasteiger charge is -2.28. The third-order valence-electron chi connectivity index (χ3n) is 3.63. The second kappa shape index (κ2) is 5.49. The summed E-state index contributed by atoms with van der Waals surface area (Å²) in [5.41, 5.74) is 0.132. The van der Waals surface area contributed by atoms with E-state index >= 15 is 0 Å². The lowest BCUT2D eigenvalue weighted by atomic mass is 9.88. The molecule has 19 heavy (non-hydrogen) atoms. The standard InChI is InChI=1S/C13H22ClN5/c1-9(13(2,3)4)15-11-16-10(14)17-12(18-11)19-7-5-6-8-19/h9H,5-8H2,1-4H3,(H,15,16,17,18). The molecule has 1 aromatic heterocycles. The summed E-state index contributed by atoms with van der Waals surface area (Å²) in [6, 6.07) is 0.248. The van der Waals surface area contributed by atoms with E-state index in [-0.39, 0.29) is 16.7 Å². The first-order valence-corrected chi connectivity index (χ1v) is 7.17. The molecule has 106 valence electrons. The Morgan fingerprint density at radius 3 is 2.37 bits per heavy atom. The van der Waals surface area contributed by atoms with Crippen LogP contribution in [0.5, 0.6) is 0 Å². The number of nitrogens with one attached hydrogen (secondary N) is 1. The highest BCUT2D eigenvalue weighted by atomic mass is 35.5. The average molecular weight is 284 g/mol. The predicted molar refractivity (Wildman–Crippen MR) is 78.8 cm³/mol. The van der Waals surface area contributed by atoms with Gasteiger partial charge in [-0.15, -0.1) is 0 Å². The van der Waals surface area contributed by atoms with Gasteiger partial charge in [0, 0.05) is 19.1 Å². The molecule has 0 radical (unpaired) electrons. The number of hydrogen-bond donors (Lipinski definition) is 1. The predicted octanol–water partition coefficient (Wildman–Crippen LogP) is 2.97. The minimum atomic E-state index is 0.132. The van der Waals surface area contributed by atoms with Gasteiger partial charge >= 0.3 is 0 Å². The van der Waals surface area contributed by atoms with Gasteiger partial charge in [0.2, 0.25) is 17.2 Å². The lowest BCUT2D eigenvalue weighted by Crippen LogP contribution is -2.32. The summed E-state index contributed by atoms with van der Waals surface area (Å²) in [4.78, 5) is 15.0. The molecule has 0 saturated carbocycles. The van der Waals surface area contributed by atoms with E-state index in [1.807, 2.05) is 0 Å². The fourth-order valence-corrected chi connectivity index (χ4v) is 2.03. The Morgan fingerprint density at radius 1 is 1.16 bits per heavy atom. The van der Waals surface area contributed by atoms with Gasteiger partial charge in [-0.2, -0.15) is 15.0 Å². The van der Waals surface area contributed by atoms with Crippen molar-refractivity contribution in [2.24, 2.45) is 5.41 Å². The zero-order valence-electron chi connectivity index (χ0n) is 12.1. The van der Waals surface area contributed by atoms with Crippen molar-refractivity contribution in [3.8, 4) is 0 Å². The molecule has 2 rings (SSSR count). The molecular formula is C13H22ClN5. The van der Waals surface area contributed by atoms with Crippen LogP contribution in [0.2, 0.25) is 5.28 Å². The molecule has 1 unspecified atom stereocenters. The molecule has 0 aliphatic carbocycles. The SMILES string of the molecule is CC(Nc1nc(Cl)nc(N2CCCC2)n1)C(C)(C)C. The molecule has 6 heteroatoms. The third kappa shape index (κ3) is 3.69. The van der Waals surface area contributed by atoms with Crippen molar-refractivity contribution < 1.29 is 0 Å². The molecule has 1 atom stereocenters. The van der Waals surface area contributed by atoms with Crippen LogP contribution in [0.15, 0.2) is 0 Å². The number of anilines is 2. The van der Waals surface area contributed by atoms with Crippen LogP contribution in [-0.2, 0) is 0 Å². The highest BCUT2D eigenvalue weighted by Crippen LogP contribution is 2.23. The molecule has 0 spiro atoms.